The van der Waals surface area contributed by atoms with Gasteiger partial charge in [0.05, 0.1) is 25.8 Å². The van der Waals surface area contributed by atoms with Crippen LogP contribution in [0, 0.1) is 5.82 Å². The highest BCUT2D eigenvalue weighted by Gasteiger charge is 2.48. The molecular formula is C28H22FN3O5S2. The van der Waals surface area contributed by atoms with Gasteiger partial charge in [-0.2, -0.15) is 0 Å². The summed E-state index contributed by atoms with van der Waals surface area (Å²) in [5.41, 5.74) is 1.73. The number of methoxy groups -OCH3 is 2. The maximum atomic E-state index is 13.4. The number of nitrogens with zero attached hydrogens (tertiary/aromatic N) is 3. The molecule has 0 aliphatic carbocycles. The van der Waals surface area contributed by atoms with Crippen molar-refractivity contribution in [1.29, 1.82) is 0 Å². The van der Waals surface area contributed by atoms with E-state index < -0.39 is 17.7 Å². The normalized spacial score (nSPS) is 16.5. The number of thioether (sulfide) groups is 1. The van der Waals surface area contributed by atoms with Gasteiger partial charge >= 0.3 is 5.91 Å². The SMILES string of the molecule is COc1ccc(C2/C(=C(/O)c3ccccc3)C(=O)C(=O)N2c2nnc(SCc3ccc(F)cc3)s2)cc1OC. The zero-order valence-electron chi connectivity index (χ0n) is 20.8. The van der Waals surface area contributed by atoms with Gasteiger partial charge < -0.3 is 14.6 Å². The van der Waals surface area contributed by atoms with Crippen molar-refractivity contribution in [3.05, 3.63) is 101 Å². The molecule has 0 saturated carbocycles. The maximum absolute atomic E-state index is 13.4. The minimum Gasteiger partial charge on any atom is -0.507 e. The first kappa shape index (κ1) is 26.4. The predicted molar refractivity (Wildman–Crippen MR) is 147 cm³/mol. The summed E-state index contributed by atoms with van der Waals surface area (Å²) in [7, 11) is 2.99. The average molecular weight is 564 g/mol. The van der Waals surface area contributed by atoms with Crippen LogP contribution in [0.4, 0.5) is 9.52 Å². The summed E-state index contributed by atoms with van der Waals surface area (Å²) in [6.45, 7) is 0. The van der Waals surface area contributed by atoms with Gasteiger partial charge in [-0.1, -0.05) is 71.6 Å². The fourth-order valence-corrected chi connectivity index (χ4v) is 6.03. The fourth-order valence-electron chi connectivity index (χ4n) is 4.20. The van der Waals surface area contributed by atoms with E-state index in [-0.39, 0.29) is 22.3 Å². The second-order valence-electron chi connectivity index (χ2n) is 8.42. The Bertz CT molecular complexity index is 1560. The second kappa shape index (κ2) is 11.3. The van der Waals surface area contributed by atoms with Crippen LogP contribution in [-0.2, 0) is 15.3 Å². The highest BCUT2D eigenvalue weighted by Crippen LogP contribution is 2.45. The van der Waals surface area contributed by atoms with Gasteiger partial charge in [-0.05, 0) is 35.4 Å². The lowest BCUT2D eigenvalue weighted by molar-refractivity contribution is -0.132. The van der Waals surface area contributed by atoms with Gasteiger partial charge in [0.1, 0.15) is 11.6 Å². The lowest BCUT2D eigenvalue weighted by atomic mass is 9.95. The molecule has 1 aromatic heterocycles. The van der Waals surface area contributed by atoms with Crippen LogP contribution in [0.5, 0.6) is 11.5 Å². The minimum absolute atomic E-state index is 0.0749. The van der Waals surface area contributed by atoms with Crippen molar-refractivity contribution in [1.82, 2.24) is 10.2 Å². The summed E-state index contributed by atoms with van der Waals surface area (Å²) < 4.78 is 24.6. The first-order valence-electron chi connectivity index (χ1n) is 11.7. The molecule has 2 heterocycles. The van der Waals surface area contributed by atoms with Crippen molar-refractivity contribution in [2.45, 2.75) is 16.1 Å². The Morgan fingerprint density at radius 1 is 1.00 bits per heavy atom. The van der Waals surface area contributed by atoms with Crippen LogP contribution >= 0.6 is 23.1 Å². The smallest absolute Gasteiger partial charge is 0.301 e. The Balaban J connectivity index is 1.56. The molecule has 5 rings (SSSR count). The molecule has 3 aromatic carbocycles. The van der Waals surface area contributed by atoms with E-state index in [0.717, 1.165) is 16.9 Å². The van der Waals surface area contributed by atoms with Crippen LogP contribution in [-0.4, -0.2) is 41.2 Å². The molecule has 11 heteroatoms. The van der Waals surface area contributed by atoms with Crippen molar-refractivity contribution >= 4 is 45.7 Å². The zero-order chi connectivity index (χ0) is 27.5. The largest absolute Gasteiger partial charge is 0.507 e. The summed E-state index contributed by atoms with van der Waals surface area (Å²) in [5.74, 6) is -0.911. The van der Waals surface area contributed by atoms with Crippen molar-refractivity contribution in [2.75, 3.05) is 19.1 Å². The van der Waals surface area contributed by atoms with Gasteiger partial charge in [-0.25, -0.2) is 4.39 Å². The van der Waals surface area contributed by atoms with Crippen molar-refractivity contribution in [3.8, 4) is 11.5 Å². The minimum atomic E-state index is -0.993. The first-order chi connectivity index (χ1) is 18.9. The Kier molecular flexibility index (Phi) is 7.62. The summed E-state index contributed by atoms with van der Waals surface area (Å²) in [5, 5.41) is 19.8. The molecular weight excluding hydrogens is 541 g/mol. The third kappa shape index (κ3) is 5.23. The van der Waals surface area contributed by atoms with Crippen molar-refractivity contribution in [2.24, 2.45) is 0 Å². The number of rotatable bonds is 8. The molecule has 1 atom stereocenters. The number of hydrogen-bond donors (Lipinski definition) is 1. The fraction of sp³-hybridized carbons (Fsp3) is 0.143. The molecule has 198 valence electrons. The lowest BCUT2D eigenvalue weighted by Gasteiger charge is -2.23. The number of aliphatic hydroxyl groups excluding tert-OH is 1. The van der Waals surface area contributed by atoms with Gasteiger partial charge in [0.2, 0.25) is 5.13 Å². The number of aliphatic hydroxyl groups is 1. The maximum Gasteiger partial charge on any atom is 0.301 e. The Morgan fingerprint density at radius 2 is 1.72 bits per heavy atom. The molecule has 1 N–H and O–H groups in total. The number of amides is 1. The standard InChI is InChI=1S/C28H22FN3O5S2/c1-36-20-13-10-18(14-21(20)37-2)23-22(24(33)17-6-4-3-5-7-17)25(34)26(35)32(23)27-30-31-28(39-27)38-15-16-8-11-19(29)12-9-16/h3-14,23,33H,15H2,1-2H3/b24-22-. The van der Waals surface area contributed by atoms with E-state index in [1.54, 1.807) is 60.7 Å². The molecule has 1 aliphatic rings. The van der Waals surface area contributed by atoms with Crippen LogP contribution in [0.25, 0.3) is 5.76 Å². The molecule has 1 unspecified atom stereocenters. The number of ketones is 1. The number of hydrogen-bond acceptors (Lipinski definition) is 9. The lowest BCUT2D eigenvalue weighted by Crippen LogP contribution is -2.29. The van der Waals surface area contributed by atoms with Crippen molar-refractivity contribution in [3.63, 3.8) is 0 Å². The van der Waals surface area contributed by atoms with Crippen LogP contribution in [0.2, 0.25) is 0 Å². The van der Waals surface area contributed by atoms with Crippen LogP contribution in [0.3, 0.4) is 0 Å². The first-order valence-corrected chi connectivity index (χ1v) is 13.5. The molecule has 0 radical (unpaired) electrons. The molecule has 4 aromatic rings. The van der Waals surface area contributed by atoms with E-state index in [2.05, 4.69) is 10.2 Å². The topological polar surface area (TPSA) is 102 Å². The number of carbonyl (C=O) groups excluding carboxylic acids is 2. The van der Waals surface area contributed by atoms with Crippen molar-refractivity contribution < 1.29 is 28.6 Å². The summed E-state index contributed by atoms with van der Waals surface area (Å²) in [6.07, 6.45) is 0. The van der Waals surface area contributed by atoms with Crippen LogP contribution < -0.4 is 14.4 Å². The Hall–Kier alpha value is -4.22. The quantitative estimate of drug-likeness (QED) is 0.0970. The molecule has 1 amide bonds. The Morgan fingerprint density at radius 3 is 2.41 bits per heavy atom. The highest BCUT2D eigenvalue weighted by atomic mass is 32.2. The van der Waals surface area contributed by atoms with Gasteiger partial charge in [-0.3, -0.25) is 14.5 Å². The van der Waals surface area contributed by atoms with E-state index in [4.69, 9.17) is 9.47 Å². The van der Waals surface area contributed by atoms with Gasteiger partial charge in [-0.15, -0.1) is 10.2 Å². The number of ether oxygens (including phenoxy) is 2. The number of Topliss-reactive ketones (excluding diaryl/α,β-unsaturated/α-hetero) is 1. The van der Waals surface area contributed by atoms with E-state index in [1.807, 2.05) is 0 Å². The van der Waals surface area contributed by atoms with Crippen LogP contribution in [0.1, 0.15) is 22.7 Å². The number of anilines is 1. The van der Waals surface area contributed by atoms with Crippen LogP contribution in [0.15, 0.2) is 82.7 Å². The zero-order valence-corrected chi connectivity index (χ0v) is 22.5. The molecule has 8 nitrogen and oxygen atoms in total. The summed E-state index contributed by atoms with van der Waals surface area (Å²) in [4.78, 5) is 28.0. The second-order valence-corrected chi connectivity index (χ2v) is 10.6. The monoisotopic (exact) mass is 563 g/mol. The van der Waals surface area contributed by atoms with E-state index in [9.17, 15) is 19.1 Å². The molecule has 1 fully saturated rings. The molecule has 39 heavy (non-hydrogen) atoms. The number of aromatic nitrogens is 2. The van der Waals surface area contributed by atoms with E-state index >= 15 is 0 Å². The number of carbonyl (C=O) groups is 2. The summed E-state index contributed by atoms with van der Waals surface area (Å²) >= 11 is 2.52. The predicted octanol–water partition coefficient (Wildman–Crippen LogP) is 5.61. The number of halogens is 1. The van der Waals surface area contributed by atoms with Gasteiger partial charge in [0.25, 0.3) is 5.78 Å². The van der Waals surface area contributed by atoms with Gasteiger partial charge in [0, 0.05) is 11.3 Å². The number of benzene rings is 3. The van der Waals surface area contributed by atoms with Gasteiger partial charge in [0.15, 0.2) is 15.8 Å². The highest BCUT2D eigenvalue weighted by molar-refractivity contribution is 8.00. The molecule has 1 aliphatic heterocycles. The summed E-state index contributed by atoms with van der Waals surface area (Å²) in [6, 6.07) is 18.7. The molecule has 1 saturated heterocycles. The molecule has 0 spiro atoms. The third-order valence-corrected chi connectivity index (χ3v) is 8.22. The average Bonchev–Trinajstić information content (AvgIpc) is 3.54. The van der Waals surface area contributed by atoms with E-state index in [0.29, 0.717) is 32.7 Å². The molecule has 0 bridgehead atoms. The Labute approximate surface area is 231 Å². The van der Waals surface area contributed by atoms with E-state index in [1.165, 1.54) is 43.0 Å². The third-order valence-electron chi connectivity index (χ3n) is 6.09.